The van der Waals surface area contributed by atoms with Gasteiger partial charge in [-0.15, -0.1) is 0 Å². The summed E-state index contributed by atoms with van der Waals surface area (Å²) in [5.41, 5.74) is 1.00. The van der Waals surface area contributed by atoms with Crippen molar-refractivity contribution in [1.29, 1.82) is 0 Å². The highest BCUT2D eigenvalue weighted by molar-refractivity contribution is 8.00. The van der Waals surface area contributed by atoms with Crippen LogP contribution in [0.25, 0.3) is 0 Å². The molecule has 4 heteroatoms. The first-order chi connectivity index (χ1) is 9.94. The summed E-state index contributed by atoms with van der Waals surface area (Å²) < 4.78 is 2.46. The highest BCUT2D eigenvalue weighted by Gasteiger charge is 2.34. The van der Waals surface area contributed by atoms with Gasteiger partial charge in [0.1, 0.15) is 0 Å². The molecule has 0 heterocycles. The third-order valence-electron chi connectivity index (χ3n) is 3.79. The Kier molecular flexibility index (Phi) is 5.21. The Morgan fingerprint density at radius 3 is 2.00 bits per heavy atom. The minimum absolute atomic E-state index is 0.128. The standard InChI is InChI=1S/C17H25BNOP/c1-14(17(20)15-10-6-4-7-11-15)19(2)21(3,18)16-12-8-5-9-13-16/h4-14,17,20H,1-3,18H3/t14-,17-,21?/m1/s1. The van der Waals surface area contributed by atoms with E-state index < -0.39 is 13.4 Å². The molecule has 2 nitrogen and oxygen atoms in total. The molecular formula is C17H25BNOP. The van der Waals surface area contributed by atoms with Crippen molar-refractivity contribution in [3.63, 3.8) is 0 Å². The quantitative estimate of drug-likeness (QED) is 0.676. The van der Waals surface area contributed by atoms with Crippen molar-refractivity contribution in [1.82, 2.24) is 4.67 Å². The monoisotopic (exact) mass is 301 g/mol. The first kappa shape index (κ1) is 16.2. The molecule has 0 saturated carbocycles. The van der Waals surface area contributed by atoms with E-state index in [2.05, 4.69) is 55.6 Å². The van der Waals surface area contributed by atoms with E-state index in [0.717, 1.165) is 5.56 Å². The fourth-order valence-corrected chi connectivity index (χ4v) is 3.87. The van der Waals surface area contributed by atoms with Gasteiger partial charge in [0, 0.05) is 13.7 Å². The maximum Gasteiger partial charge on any atom is 0.150 e. The van der Waals surface area contributed by atoms with Gasteiger partial charge in [-0.25, -0.2) is 4.67 Å². The molecule has 3 atom stereocenters. The lowest BCUT2D eigenvalue weighted by Gasteiger charge is -2.40. The zero-order chi connectivity index (χ0) is 15.5. The molecule has 0 aliphatic heterocycles. The van der Waals surface area contributed by atoms with Gasteiger partial charge in [-0.2, -0.15) is 0 Å². The summed E-state index contributed by atoms with van der Waals surface area (Å²) in [6.07, 6.45) is -0.433. The number of likely N-dealkylation sites (N-methyl/N-ethyl adjacent to an activating group) is 1. The van der Waals surface area contributed by atoms with Crippen LogP contribution in [0, 0.1) is 0 Å². The van der Waals surface area contributed by atoms with Gasteiger partial charge in [-0.3, -0.25) is 0 Å². The minimum atomic E-state index is -1.19. The fraction of sp³-hybridized carbons (Fsp3) is 0.294. The van der Waals surface area contributed by atoms with E-state index in [1.807, 2.05) is 30.3 Å². The number of benzene rings is 2. The van der Waals surface area contributed by atoms with Crippen molar-refractivity contribution in [2.45, 2.75) is 19.1 Å². The van der Waals surface area contributed by atoms with Crippen LogP contribution < -0.4 is 5.30 Å². The molecule has 1 unspecified atom stereocenters. The van der Waals surface area contributed by atoms with Crippen molar-refractivity contribution in [3.05, 3.63) is 66.2 Å². The van der Waals surface area contributed by atoms with Crippen LogP contribution in [-0.4, -0.2) is 37.1 Å². The van der Waals surface area contributed by atoms with Gasteiger partial charge in [-0.1, -0.05) is 55.8 Å². The van der Waals surface area contributed by atoms with Crippen LogP contribution in [-0.2, 0) is 0 Å². The largest absolute Gasteiger partial charge is 0.387 e. The van der Waals surface area contributed by atoms with Gasteiger partial charge < -0.3 is 5.11 Å². The molecule has 2 aromatic carbocycles. The third kappa shape index (κ3) is 3.55. The predicted octanol–water partition coefficient (Wildman–Crippen LogP) is 2.21. The van der Waals surface area contributed by atoms with Crippen LogP contribution in [0.1, 0.15) is 18.6 Å². The predicted molar refractivity (Wildman–Crippen MR) is 97.5 cm³/mol. The van der Waals surface area contributed by atoms with Gasteiger partial charge in [0.15, 0.2) is 7.57 Å². The first-order valence-electron chi connectivity index (χ1n) is 6.86. The van der Waals surface area contributed by atoms with Crippen LogP contribution in [0.5, 0.6) is 0 Å². The topological polar surface area (TPSA) is 23.5 Å². The second-order valence-electron chi connectivity index (χ2n) is 5.03. The maximum atomic E-state index is 10.7. The average molecular weight is 301 g/mol. The molecule has 0 aliphatic rings. The first-order valence-corrected chi connectivity index (χ1v) is 8.60. The van der Waals surface area contributed by atoms with Gasteiger partial charge >= 0.3 is 0 Å². The second kappa shape index (κ2) is 6.74. The molecule has 0 saturated heterocycles. The summed E-state index contributed by atoms with van der Waals surface area (Å²) in [6.45, 7) is 4.55. The molecule has 2 rings (SSSR count). The van der Waals surface area contributed by atoms with Crippen molar-refractivity contribution in [2.75, 3.05) is 13.7 Å². The van der Waals surface area contributed by atoms with E-state index in [-0.39, 0.29) is 13.6 Å². The van der Waals surface area contributed by atoms with E-state index in [4.69, 9.17) is 0 Å². The minimum Gasteiger partial charge on any atom is -0.387 e. The van der Waals surface area contributed by atoms with E-state index in [1.165, 1.54) is 5.30 Å². The van der Waals surface area contributed by atoms with E-state index in [0.29, 0.717) is 0 Å². The van der Waals surface area contributed by atoms with E-state index in [9.17, 15) is 5.11 Å². The number of nitrogens with zero attached hydrogens (tertiary/aromatic N) is 1. The highest BCUT2D eigenvalue weighted by Crippen LogP contribution is 2.53. The molecule has 1 N–H and O–H groups in total. The molecule has 2 aromatic rings. The Morgan fingerprint density at radius 1 is 1.00 bits per heavy atom. The number of hydrogen-bond acceptors (Lipinski definition) is 2. The van der Waals surface area contributed by atoms with Crippen LogP contribution >= 0.6 is 7.29 Å². The van der Waals surface area contributed by atoms with Crippen molar-refractivity contribution in [2.24, 2.45) is 0 Å². The number of aliphatic hydroxyl groups is 1. The second-order valence-corrected chi connectivity index (χ2v) is 7.22. The summed E-state index contributed by atoms with van der Waals surface area (Å²) in [4.78, 5) is 0. The van der Waals surface area contributed by atoms with Crippen molar-refractivity contribution < 1.29 is 5.11 Å². The normalized spacial score (nSPS) is 17.2. The molecule has 0 radical (unpaired) electrons. The Hall–Kier alpha value is -1.15. The molecule has 0 bridgehead atoms. The number of aliphatic hydroxyl groups excluding tert-OH is 1. The van der Waals surface area contributed by atoms with Crippen molar-refractivity contribution in [3.8, 4) is 0 Å². The molecule has 0 aromatic heterocycles. The van der Waals surface area contributed by atoms with E-state index >= 15 is 0 Å². The number of hydrogen-bond donors (Lipinski definition) is 1. The Bertz CT molecular complexity index is 562. The Morgan fingerprint density at radius 2 is 1.48 bits per heavy atom. The Balaban J connectivity index is 2.20. The van der Waals surface area contributed by atoms with Gasteiger partial charge in [0.25, 0.3) is 0 Å². The maximum absolute atomic E-state index is 10.7. The molecule has 0 aliphatic carbocycles. The van der Waals surface area contributed by atoms with Crippen LogP contribution in [0.2, 0.25) is 0 Å². The fourth-order valence-electron chi connectivity index (χ4n) is 2.23. The van der Waals surface area contributed by atoms with Crippen LogP contribution in [0.4, 0.5) is 0 Å². The zero-order valence-corrected chi connectivity index (χ0v) is 13.2. The van der Waals surface area contributed by atoms with Crippen molar-refractivity contribution >= 4 is 20.2 Å². The van der Waals surface area contributed by atoms with Crippen LogP contribution in [0.3, 0.4) is 0 Å². The van der Waals surface area contributed by atoms with E-state index in [1.54, 1.807) is 0 Å². The van der Waals surface area contributed by atoms with Gasteiger partial charge in [0.2, 0.25) is 0 Å². The summed E-state index contributed by atoms with van der Waals surface area (Å²) in [7, 11) is 1.13. The number of rotatable bonds is 5. The summed E-state index contributed by atoms with van der Waals surface area (Å²) in [6, 6.07) is 20.9. The lowest BCUT2D eigenvalue weighted by Crippen LogP contribution is -2.37. The smallest absolute Gasteiger partial charge is 0.150 e. The molecule has 21 heavy (non-hydrogen) atoms. The summed E-state index contributed by atoms with van der Waals surface area (Å²) >= 11 is 0. The zero-order valence-electron chi connectivity index (χ0n) is 12.3. The summed E-state index contributed by atoms with van der Waals surface area (Å²) in [5.74, 6) is 0. The molecule has 112 valence electrons. The Labute approximate surface area is 129 Å². The molecule has 0 spiro atoms. The summed E-state index contributed by atoms with van der Waals surface area (Å²) in [5, 5.41) is 12.1. The van der Waals surface area contributed by atoms with Gasteiger partial charge in [0.05, 0.1) is 17.5 Å². The third-order valence-corrected chi connectivity index (χ3v) is 6.15. The lowest BCUT2D eigenvalue weighted by molar-refractivity contribution is 0.110. The average Bonchev–Trinajstić information content (AvgIpc) is 2.54. The SMILES string of the molecule is [BH3-][P+](C)(c1ccccc1)N(C)[C@H](C)[C@@H](O)c1ccccc1. The van der Waals surface area contributed by atoms with Gasteiger partial charge in [-0.05, 0) is 24.6 Å². The lowest BCUT2D eigenvalue weighted by atomic mass is 10.0. The molecule has 0 fully saturated rings. The molecular weight excluding hydrogens is 276 g/mol. The van der Waals surface area contributed by atoms with Crippen LogP contribution in [0.15, 0.2) is 60.7 Å². The molecule has 0 amide bonds. The highest BCUT2D eigenvalue weighted by atomic mass is 31.2.